The van der Waals surface area contributed by atoms with E-state index in [1.807, 2.05) is 0 Å². The van der Waals surface area contributed by atoms with Crippen LogP contribution in [0.3, 0.4) is 0 Å². The van der Waals surface area contributed by atoms with Gasteiger partial charge in [-0.15, -0.1) is 0 Å². The van der Waals surface area contributed by atoms with E-state index in [0.717, 1.165) is 63.7 Å². The van der Waals surface area contributed by atoms with E-state index >= 15 is 0 Å². The van der Waals surface area contributed by atoms with Crippen LogP contribution in [0, 0.1) is 11.8 Å². The van der Waals surface area contributed by atoms with Gasteiger partial charge in [0.05, 0.1) is 0 Å². The van der Waals surface area contributed by atoms with Crippen LogP contribution >= 0.6 is 0 Å². The second kappa shape index (κ2) is 5.57. The maximum absolute atomic E-state index is 12.0. The zero-order chi connectivity index (χ0) is 13.2. The largest absolute Gasteiger partial charge is 0.368 e. The number of carbonyl (C=O) groups is 1. The van der Waals surface area contributed by atoms with Crippen LogP contribution in [-0.2, 0) is 4.79 Å². The number of primary amides is 1. The summed E-state index contributed by atoms with van der Waals surface area (Å²) < 4.78 is 0. The number of nitrogens with zero attached hydrogens (tertiary/aromatic N) is 1. The fourth-order valence-corrected chi connectivity index (χ4v) is 3.60. The maximum atomic E-state index is 12.0. The normalized spacial score (nSPS) is 34.7. The molecule has 2 fully saturated rings. The molecule has 0 aromatic carbocycles. The summed E-state index contributed by atoms with van der Waals surface area (Å²) in [6, 6.07) is 0. The van der Waals surface area contributed by atoms with Crippen molar-refractivity contribution in [3.63, 3.8) is 0 Å². The molecule has 2 aliphatic rings. The van der Waals surface area contributed by atoms with Crippen molar-refractivity contribution in [2.45, 2.75) is 45.1 Å². The van der Waals surface area contributed by atoms with Gasteiger partial charge in [-0.25, -0.2) is 0 Å². The number of nitrogens with one attached hydrogen (secondary N) is 1. The van der Waals surface area contributed by atoms with Crippen molar-refractivity contribution >= 4 is 5.91 Å². The van der Waals surface area contributed by atoms with E-state index in [-0.39, 0.29) is 11.4 Å². The van der Waals surface area contributed by atoms with Gasteiger partial charge in [-0.3, -0.25) is 9.69 Å². The number of carbonyl (C=O) groups excluding carboxylic acids is 1. The Morgan fingerprint density at radius 3 is 2.28 bits per heavy atom. The van der Waals surface area contributed by atoms with Crippen molar-refractivity contribution in [3.05, 3.63) is 0 Å². The molecule has 1 aliphatic heterocycles. The van der Waals surface area contributed by atoms with Crippen LogP contribution in [0.4, 0.5) is 0 Å². The molecule has 4 heteroatoms. The van der Waals surface area contributed by atoms with Crippen molar-refractivity contribution in [1.29, 1.82) is 0 Å². The van der Waals surface area contributed by atoms with Crippen LogP contribution < -0.4 is 11.1 Å². The van der Waals surface area contributed by atoms with Crippen LogP contribution in [0.15, 0.2) is 0 Å². The van der Waals surface area contributed by atoms with Gasteiger partial charge < -0.3 is 11.1 Å². The summed E-state index contributed by atoms with van der Waals surface area (Å²) in [5.41, 5.74) is 5.40. The van der Waals surface area contributed by atoms with Crippen LogP contribution in [-0.4, -0.2) is 42.5 Å². The summed E-state index contributed by atoms with van der Waals surface area (Å²) in [4.78, 5) is 14.3. The van der Waals surface area contributed by atoms with Crippen molar-refractivity contribution in [3.8, 4) is 0 Å². The Hall–Kier alpha value is -0.610. The summed E-state index contributed by atoms with van der Waals surface area (Å²) >= 11 is 0. The topological polar surface area (TPSA) is 58.4 Å². The fourth-order valence-electron chi connectivity index (χ4n) is 3.60. The lowest BCUT2D eigenvalue weighted by atomic mass is 9.71. The quantitative estimate of drug-likeness (QED) is 0.788. The third-order valence-corrected chi connectivity index (χ3v) is 4.98. The number of hydrogen-bond donors (Lipinski definition) is 2. The van der Waals surface area contributed by atoms with E-state index in [2.05, 4.69) is 24.1 Å². The van der Waals surface area contributed by atoms with E-state index in [9.17, 15) is 4.79 Å². The minimum absolute atomic E-state index is 0.105. The van der Waals surface area contributed by atoms with E-state index in [4.69, 9.17) is 5.73 Å². The molecule has 1 heterocycles. The molecule has 0 radical (unpaired) electrons. The Morgan fingerprint density at radius 1 is 1.28 bits per heavy atom. The smallest absolute Gasteiger partial charge is 0.237 e. The summed E-state index contributed by atoms with van der Waals surface area (Å²) in [5, 5.41) is 3.34. The predicted octanol–water partition coefficient (Wildman–Crippen LogP) is 0.962. The Labute approximate surface area is 110 Å². The first-order chi connectivity index (χ1) is 8.56. The van der Waals surface area contributed by atoms with Gasteiger partial charge >= 0.3 is 0 Å². The van der Waals surface area contributed by atoms with Gasteiger partial charge in [0.15, 0.2) is 0 Å². The van der Waals surface area contributed by atoms with Gasteiger partial charge in [0, 0.05) is 26.2 Å². The highest BCUT2D eigenvalue weighted by Crippen LogP contribution is 2.39. The first-order valence-electron chi connectivity index (χ1n) is 7.32. The molecule has 0 bridgehead atoms. The summed E-state index contributed by atoms with van der Waals surface area (Å²) in [7, 11) is 0. The lowest BCUT2D eigenvalue weighted by Gasteiger charge is -2.48. The number of piperazine rings is 1. The summed E-state index contributed by atoms with van der Waals surface area (Å²) in [6.07, 6.45) is 4.19. The first kappa shape index (κ1) is 13.8. The standard InChI is InChI=1S/C14H27N3O/c1-11(2)12-3-5-14(6-4-12,13(15)18)17-9-7-16-8-10-17/h11-12,16H,3-10H2,1-2H3,(H2,15,18). The van der Waals surface area contributed by atoms with Crippen molar-refractivity contribution in [2.75, 3.05) is 26.2 Å². The molecule has 1 saturated carbocycles. The monoisotopic (exact) mass is 253 g/mol. The molecule has 1 aliphatic carbocycles. The third-order valence-electron chi connectivity index (χ3n) is 4.98. The lowest BCUT2D eigenvalue weighted by molar-refractivity contribution is -0.134. The number of amides is 1. The third kappa shape index (κ3) is 2.54. The number of rotatable bonds is 3. The molecule has 2 rings (SSSR count). The molecule has 4 nitrogen and oxygen atoms in total. The highest BCUT2D eigenvalue weighted by atomic mass is 16.1. The average molecular weight is 253 g/mol. The van der Waals surface area contributed by atoms with E-state index in [1.165, 1.54) is 0 Å². The first-order valence-corrected chi connectivity index (χ1v) is 7.32. The van der Waals surface area contributed by atoms with E-state index < -0.39 is 0 Å². The number of hydrogen-bond acceptors (Lipinski definition) is 3. The molecule has 0 unspecified atom stereocenters. The highest BCUT2D eigenvalue weighted by molar-refractivity contribution is 5.84. The molecule has 1 amide bonds. The Morgan fingerprint density at radius 2 is 1.83 bits per heavy atom. The van der Waals surface area contributed by atoms with Gasteiger partial charge in [-0.1, -0.05) is 13.8 Å². The average Bonchev–Trinajstić information content (AvgIpc) is 2.39. The second-order valence-electron chi connectivity index (χ2n) is 6.21. The Balaban J connectivity index is 2.07. The molecule has 0 atom stereocenters. The zero-order valence-corrected chi connectivity index (χ0v) is 11.7. The molecule has 1 saturated heterocycles. The van der Waals surface area contributed by atoms with Crippen LogP contribution in [0.2, 0.25) is 0 Å². The molecule has 0 aromatic rings. The highest BCUT2D eigenvalue weighted by Gasteiger charge is 2.45. The molecular weight excluding hydrogens is 226 g/mol. The molecule has 0 spiro atoms. The zero-order valence-electron chi connectivity index (χ0n) is 11.7. The Bertz CT molecular complexity index is 289. The molecular formula is C14H27N3O. The second-order valence-corrected chi connectivity index (χ2v) is 6.21. The van der Waals surface area contributed by atoms with Gasteiger partial charge in [-0.2, -0.15) is 0 Å². The molecule has 104 valence electrons. The molecule has 0 aromatic heterocycles. The van der Waals surface area contributed by atoms with Crippen molar-refractivity contribution in [2.24, 2.45) is 17.6 Å². The Kier molecular flexibility index (Phi) is 4.28. The molecule has 3 N–H and O–H groups in total. The van der Waals surface area contributed by atoms with Crippen molar-refractivity contribution in [1.82, 2.24) is 10.2 Å². The predicted molar refractivity (Wildman–Crippen MR) is 73.2 cm³/mol. The maximum Gasteiger partial charge on any atom is 0.237 e. The van der Waals surface area contributed by atoms with E-state index in [1.54, 1.807) is 0 Å². The molecule has 18 heavy (non-hydrogen) atoms. The SMILES string of the molecule is CC(C)C1CCC(C(N)=O)(N2CCNCC2)CC1. The van der Waals surface area contributed by atoms with Crippen LogP contribution in [0.1, 0.15) is 39.5 Å². The van der Waals surface area contributed by atoms with E-state index in [0.29, 0.717) is 0 Å². The van der Waals surface area contributed by atoms with Crippen molar-refractivity contribution < 1.29 is 4.79 Å². The van der Waals surface area contributed by atoms with Gasteiger partial charge in [0.25, 0.3) is 0 Å². The van der Waals surface area contributed by atoms with Gasteiger partial charge in [0.2, 0.25) is 5.91 Å². The van der Waals surface area contributed by atoms with Gasteiger partial charge in [0.1, 0.15) is 5.54 Å². The number of nitrogens with two attached hydrogens (primary N) is 1. The fraction of sp³-hybridized carbons (Fsp3) is 0.929. The van der Waals surface area contributed by atoms with Gasteiger partial charge in [-0.05, 0) is 37.5 Å². The van der Waals surface area contributed by atoms with Crippen LogP contribution in [0.25, 0.3) is 0 Å². The minimum Gasteiger partial charge on any atom is -0.368 e. The lowest BCUT2D eigenvalue weighted by Crippen LogP contribution is -2.63. The van der Waals surface area contributed by atoms with Crippen LogP contribution in [0.5, 0.6) is 0 Å². The summed E-state index contributed by atoms with van der Waals surface area (Å²) in [6.45, 7) is 8.43. The minimum atomic E-state index is -0.354. The summed E-state index contributed by atoms with van der Waals surface area (Å²) in [5.74, 6) is 1.38.